The summed E-state index contributed by atoms with van der Waals surface area (Å²) in [7, 11) is 1.83. The topological polar surface area (TPSA) is 97.1 Å². The van der Waals surface area contributed by atoms with Crippen LogP contribution in [-0.4, -0.2) is 26.9 Å². The average molecular weight is 418 g/mol. The second-order valence-corrected chi connectivity index (χ2v) is 7.58. The fraction of sp³-hybridized carbons (Fsp3) is 0.0952. The smallest absolute Gasteiger partial charge is 0.311 e. The SMILES string of the molecule is Cc1nc(-c2ccc(Nc3nc(N(C)c4cccnc4)ccc3[N+](=O)[O-])cc2)cs1. The average Bonchev–Trinajstić information content (AvgIpc) is 3.20. The molecule has 0 aliphatic carbocycles. The predicted octanol–water partition coefficient (Wildman–Crippen LogP) is 5.33. The Hall–Kier alpha value is -3.85. The molecule has 0 spiro atoms. The summed E-state index contributed by atoms with van der Waals surface area (Å²) in [6.45, 7) is 1.96. The van der Waals surface area contributed by atoms with Crippen LogP contribution in [0.25, 0.3) is 11.3 Å². The molecule has 3 heterocycles. The maximum absolute atomic E-state index is 11.5. The lowest BCUT2D eigenvalue weighted by atomic mass is 10.1. The molecule has 0 saturated carbocycles. The summed E-state index contributed by atoms with van der Waals surface area (Å²) in [5, 5.41) is 17.6. The largest absolute Gasteiger partial charge is 0.334 e. The molecule has 3 aromatic heterocycles. The number of thiazole rings is 1. The zero-order valence-electron chi connectivity index (χ0n) is 16.3. The molecule has 9 heteroatoms. The first kappa shape index (κ1) is 19.5. The van der Waals surface area contributed by atoms with E-state index in [-0.39, 0.29) is 11.5 Å². The monoisotopic (exact) mass is 418 g/mol. The first-order valence-corrected chi connectivity index (χ1v) is 9.98. The number of nitrogens with one attached hydrogen (secondary N) is 1. The number of anilines is 4. The lowest BCUT2D eigenvalue weighted by Crippen LogP contribution is -2.12. The van der Waals surface area contributed by atoms with Crippen LogP contribution in [0.15, 0.2) is 66.3 Å². The van der Waals surface area contributed by atoms with Crippen molar-refractivity contribution in [2.75, 3.05) is 17.3 Å². The third-order valence-electron chi connectivity index (χ3n) is 4.50. The molecule has 0 radical (unpaired) electrons. The van der Waals surface area contributed by atoms with E-state index in [9.17, 15) is 10.1 Å². The van der Waals surface area contributed by atoms with E-state index in [2.05, 4.69) is 20.3 Å². The number of nitro groups is 1. The van der Waals surface area contributed by atoms with Crippen molar-refractivity contribution in [3.8, 4) is 11.3 Å². The van der Waals surface area contributed by atoms with Crippen molar-refractivity contribution < 1.29 is 4.92 Å². The number of hydrogen-bond donors (Lipinski definition) is 1. The van der Waals surface area contributed by atoms with Gasteiger partial charge in [-0.05, 0) is 37.3 Å². The zero-order valence-corrected chi connectivity index (χ0v) is 17.1. The molecular weight excluding hydrogens is 400 g/mol. The Morgan fingerprint density at radius 1 is 1.10 bits per heavy atom. The van der Waals surface area contributed by atoms with E-state index in [0.29, 0.717) is 11.5 Å². The maximum atomic E-state index is 11.5. The van der Waals surface area contributed by atoms with Gasteiger partial charge in [0.1, 0.15) is 5.82 Å². The van der Waals surface area contributed by atoms with Crippen molar-refractivity contribution in [3.05, 3.63) is 81.4 Å². The number of pyridine rings is 2. The van der Waals surface area contributed by atoms with Crippen LogP contribution in [-0.2, 0) is 0 Å². The Balaban J connectivity index is 1.63. The van der Waals surface area contributed by atoms with Crippen LogP contribution >= 0.6 is 11.3 Å². The first-order valence-electron chi connectivity index (χ1n) is 9.10. The highest BCUT2D eigenvalue weighted by Gasteiger charge is 2.18. The molecule has 0 fully saturated rings. The van der Waals surface area contributed by atoms with Gasteiger partial charge in [0, 0.05) is 35.9 Å². The Labute approximate surface area is 177 Å². The van der Waals surface area contributed by atoms with Gasteiger partial charge in [0.15, 0.2) is 0 Å². The van der Waals surface area contributed by atoms with E-state index in [1.807, 2.05) is 60.6 Å². The molecule has 8 nitrogen and oxygen atoms in total. The summed E-state index contributed by atoms with van der Waals surface area (Å²) >= 11 is 1.59. The van der Waals surface area contributed by atoms with Crippen LogP contribution in [0.5, 0.6) is 0 Å². The van der Waals surface area contributed by atoms with E-state index < -0.39 is 4.92 Å². The molecular formula is C21H18N6O2S. The van der Waals surface area contributed by atoms with E-state index >= 15 is 0 Å². The number of aryl methyl sites for hydroxylation is 1. The predicted molar refractivity (Wildman–Crippen MR) is 119 cm³/mol. The first-order chi connectivity index (χ1) is 14.5. The Morgan fingerprint density at radius 3 is 2.53 bits per heavy atom. The van der Waals surface area contributed by atoms with Gasteiger partial charge >= 0.3 is 5.69 Å². The van der Waals surface area contributed by atoms with E-state index in [0.717, 1.165) is 22.0 Å². The second kappa shape index (κ2) is 8.26. The van der Waals surface area contributed by atoms with Crippen LogP contribution in [0.3, 0.4) is 0 Å². The molecule has 150 valence electrons. The fourth-order valence-corrected chi connectivity index (χ4v) is 3.53. The van der Waals surface area contributed by atoms with E-state index in [1.54, 1.807) is 29.8 Å². The summed E-state index contributed by atoms with van der Waals surface area (Å²) in [6, 6.07) is 14.3. The second-order valence-electron chi connectivity index (χ2n) is 6.52. The molecule has 0 bridgehead atoms. The van der Waals surface area contributed by atoms with Crippen molar-refractivity contribution in [3.63, 3.8) is 0 Å². The Morgan fingerprint density at radius 2 is 1.90 bits per heavy atom. The van der Waals surface area contributed by atoms with E-state index in [1.165, 1.54) is 6.07 Å². The lowest BCUT2D eigenvalue weighted by molar-refractivity contribution is -0.384. The standard InChI is InChI=1S/C21H18N6O2S/c1-14-23-18(13-30-14)15-5-7-16(8-6-15)24-21-19(27(28)29)9-10-20(25-21)26(2)17-4-3-11-22-12-17/h3-13H,1-2H3,(H,24,25). The minimum Gasteiger partial charge on any atom is -0.334 e. The van der Waals surface area contributed by atoms with Crippen molar-refractivity contribution in [1.29, 1.82) is 0 Å². The zero-order chi connectivity index (χ0) is 21.1. The van der Waals surface area contributed by atoms with Crippen molar-refractivity contribution in [2.24, 2.45) is 0 Å². The van der Waals surface area contributed by atoms with Crippen molar-refractivity contribution in [1.82, 2.24) is 15.0 Å². The molecule has 0 amide bonds. The van der Waals surface area contributed by atoms with Gasteiger partial charge in [-0.3, -0.25) is 15.1 Å². The quantitative estimate of drug-likeness (QED) is 0.334. The minimum atomic E-state index is -0.449. The van der Waals surface area contributed by atoms with Gasteiger partial charge in [0.05, 0.1) is 27.5 Å². The molecule has 4 rings (SSSR count). The van der Waals surface area contributed by atoms with E-state index in [4.69, 9.17) is 0 Å². The van der Waals surface area contributed by atoms with Crippen LogP contribution in [0.1, 0.15) is 5.01 Å². The maximum Gasteiger partial charge on any atom is 0.311 e. The van der Waals surface area contributed by atoms with Gasteiger partial charge in [0.2, 0.25) is 5.82 Å². The molecule has 0 atom stereocenters. The van der Waals surface area contributed by atoms with Gasteiger partial charge in [0.25, 0.3) is 0 Å². The molecule has 1 N–H and O–H groups in total. The molecule has 1 aromatic carbocycles. The van der Waals surface area contributed by atoms with Gasteiger partial charge in [-0.1, -0.05) is 12.1 Å². The van der Waals surface area contributed by atoms with Crippen LogP contribution < -0.4 is 10.2 Å². The Kier molecular flexibility index (Phi) is 5.36. The van der Waals surface area contributed by atoms with Crippen LogP contribution in [0.2, 0.25) is 0 Å². The molecule has 0 aliphatic rings. The third-order valence-corrected chi connectivity index (χ3v) is 5.27. The number of benzene rings is 1. The van der Waals surface area contributed by atoms with Gasteiger partial charge in [-0.15, -0.1) is 11.3 Å². The Bertz CT molecular complexity index is 1180. The van der Waals surface area contributed by atoms with Gasteiger partial charge in [-0.2, -0.15) is 0 Å². The molecule has 4 aromatic rings. The fourth-order valence-electron chi connectivity index (χ4n) is 2.91. The molecule has 30 heavy (non-hydrogen) atoms. The molecule has 0 saturated heterocycles. The summed E-state index contributed by atoms with van der Waals surface area (Å²) < 4.78 is 0. The van der Waals surface area contributed by atoms with Crippen molar-refractivity contribution >= 4 is 40.0 Å². The highest BCUT2D eigenvalue weighted by Crippen LogP contribution is 2.31. The number of rotatable bonds is 6. The van der Waals surface area contributed by atoms with Gasteiger partial charge in [-0.25, -0.2) is 9.97 Å². The van der Waals surface area contributed by atoms with Gasteiger partial charge < -0.3 is 10.2 Å². The summed E-state index contributed by atoms with van der Waals surface area (Å²) in [5.41, 5.74) is 3.32. The highest BCUT2D eigenvalue weighted by atomic mass is 32.1. The minimum absolute atomic E-state index is 0.0995. The van der Waals surface area contributed by atoms with Crippen LogP contribution in [0, 0.1) is 17.0 Å². The lowest BCUT2D eigenvalue weighted by Gasteiger charge is -2.18. The number of hydrogen-bond acceptors (Lipinski definition) is 8. The third kappa shape index (κ3) is 4.11. The molecule has 0 aliphatic heterocycles. The summed E-state index contributed by atoms with van der Waals surface area (Å²) in [4.78, 5) is 25.9. The van der Waals surface area contributed by atoms with Crippen LogP contribution in [0.4, 0.5) is 28.7 Å². The van der Waals surface area contributed by atoms with Crippen molar-refractivity contribution in [2.45, 2.75) is 6.92 Å². The summed E-state index contributed by atoms with van der Waals surface area (Å²) in [5.74, 6) is 0.733. The molecule has 0 unspecified atom stereocenters. The number of nitrogens with zero attached hydrogens (tertiary/aromatic N) is 5. The highest BCUT2D eigenvalue weighted by molar-refractivity contribution is 7.09. The number of aromatic nitrogens is 3. The summed E-state index contributed by atoms with van der Waals surface area (Å²) in [6.07, 6.45) is 3.39. The normalized spacial score (nSPS) is 10.6.